The van der Waals surface area contributed by atoms with Crippen LogP contribution in [0.4, 0.5) is 15.9 Å². The number of benzene rings is 1. The second-order valence-corrected chi connectivity index (χ2v) is 4.80. The third-order valence-corrected chi connectivity index (χ3v) is 3.36. The maximum Gasteiger partial charge on any atom is 0.267 e. The van der Waals surface area contributed by atoms with E-state index >= 15 is 0 Å². The van der Waals surface area contributed by atoms with Crippen molar-refractivity contribution in [2.75, 3.05) is 5.32 Å². The molecule has 1 aromatic carbocycles. The number of rotatable bonds is 2. The van der Waals surface area contributed by atoms with Crippen LogP contribution < -0.4 is 10.9 Å². The van der Waals surface area contributed by atoms with Gasteiger partial charge in [-0.15, -0.1) is 0 Å². The van der Waals surface area contributed by atoms with Crippen LogP contribution in [0.1, 0.15) is 0 Å². The highest BCUT2D eigenvalue weighted by molar-refractivity contribution is 9.10. The van der Waals surface area contributed by atoms with Crippen molar-refractivity contribution in [2.45, 2.75) is 0 Å². The monoisotopic (exact) mass is 361 g/mol. The Balaban J connectivity index is 2.35. The summed E-state index contributed by atoms with van der Waals surface area (Å²) in [4.78, 5) is 17.6. The van der Waals surface area contributed by atoms with Crippen LogP contribution in [-0.2, 0) is 0 Å². The molecule has 2 N–H and O–H groups in total. The Kier molecular flexibility index (Phi) is 3.58. The van der Waals surface area contributed by atoms with Crippen molar-refractivity contribution in [3.05, 3.63) is 49.6 Å². The summed E-state index contributed by atoms with van der Waals surface area (Å²) in [6.45, 7) is 0. The zero-order valence-corrected chi connectivity index (χ0v) is 11.5. The molecular weight excluding hydrogens is 357 g/mol. The minimum absolute atomic E-state index is 0.267. The fraction of sp³-hybridized carbons (Fsp3) is 0. The molecule has 17 heavy (non-hydrogen) atoms. The number of H-pyrrole nitrogens is 1. The summed E-state index contributed by atoms with van der Waals surface area (Å²) in [6, 6.07) is 4.54. The van der Waals surface area contributed by atoms with E-state index in [4.69, 9.17) is 0 Å². The molecule has 0 unspecified atom stereocenters. The first-order valence-electron chi connectivity index (χ1n) is 4.53. The van der Waals surface area contributed by atoms with Crippen molar-refractivity contribution in [3.63, 3.8) is 0 Å². The van der Waals surface area contributed by atoms with E-state index in [0.717, 1.165) is 0 Å². The highest BCUT2D eigenvalue weighted by atomic mass is 79.9. The normalized spacial score (nSPS) is 10.3. The van der Waals surface area contributed by atoms with Gasteiger partial charge in [-0.2, -0.15) is 0 Å². The number of anilines is 2. The smallest absolute Gasteiger partial charge is 0.267 e. The maximum absolute atomic E-state index is 13.3. The number of hydrogen-bond donors (Lipinski definition) is 2. The predicted molar refractivity (Wildman–Crippen MR) is 69.9 cm³/mol. The Labute approximate surface area is 113 Å². The summed E-state index contributed by atoms with van der Waals surface area (Å²) in [6.07, 6.45) is 1.27. The van der Waals surface area contributed by atoms with Crippen LogP contribution in [0.5, 0.6) is 0 Å². The van der Waals surface area contributed by atoms with Crippen LogP contribution in [0.25, 0.3) is 0 Å². The van der Waals surface area contributed by atoms with E-state index in [0.29, 0.717) is 16.0 Å². The maximum atomic E-state index is 13.3. The molecule has 0 fully saturated rings. The van der Waals surface area contributed by atoms with E-state index in [1.807, 2.05) is 0 Å². The molecule has 2 aromatic rings. The molecule has 1 heterocycles. The Morgan fingerprint density at radius 1 is 1.35 bits per heavy atom. The van der Waals surface area contributed by atoms with Crippen molar-refractivity contribution in [1.29, 1.82) is 0 Å². The molecule has 0 aliphatic rings. The lowest BCUT2D eigenvalue weighted by Crippen LogP contribution is -2.10. The average Bonchev–Trinajstić information content (AvgIpc) is 2.30. The van der Waals surface area contributed by atoms with E-state index in [9.17, 15) is 9.18 Å². The van der Waals surface area contributed by atoms with Crippen molar-refractivity contribution < 1.29 is 4.39 Å². The second-order valence-electron chi connectivity index (χ2n) is 3.15. The Morgan fingerprint density at radius 3 is 2.82 bits per heavy atom. The fourth-order valence-electron chi connectivity index (χ4n) is 1.18. The molecule has 4 nitrogen and oxygen atoms in total. The number of aromatic nitrogens is 2. The average molecular weight is 363 g/mol. The highest BCUT2D eigenvalue weighted by Gasteiger charge is 2.06. The lowest BCUT2D eigenvalue weighted by molar-refractivity contribution is 0.622. The van der Waals surface area contributed by atoms with Gasteiger partial charge in [-0.3, -0.25) is 4.79 Å². The van der Waals surface area contributed by atoms with Crippen LogP contribution >= 0.6 is 31.9 Å². The van der Waals surface area contributed by atoms with Crippen LogP contribution in [0.3, 0.4) is 0 Å². The molecule has 0 aliphatic heterocycles. The van der Waals surface area contributed by atoms with Crippen LogP contribution in [-0.4, -0.2) is 9.97 Å². The fourth-order valence-corrected chi connectivity index (χ4v) is 1.74. The van der Waals surface area contributed by atoms with Crippen LogP contribution in [0.15, 0.2) is 38.3 Å². The van der Waals surface area contributed by atoms with Crippen molar-refractivity contribution >= 4 is 43.4 Å². The van der Waals surface area contributed by atoms with Gasteiger partial charge in [0.25, 0.3) is 5.56 Å². The molecule has 2 rings (SSSR count). The first kappa shape index (κ1) is 12.3. The second kappa shape index (κ2) is 4.97. The lowest BCUT2D eigenvalue weighted by Gasteiger charge is -2.07. The van der Waals surface area contributed by atoms with Gasteiger partial charge in [-0.1, -0.05) is 0 Å². The summed E-state index contributed by atoms with van der Waals surface area (Å²) >= 11 is 6.16. The number of aromatic amines is 1. The van der Waals surface area contributed by atoms with Gasteiger partial charge in [0.1, 0.15) is 10.3 Å². The van der Waals surface area contributed by atoms with Crippen LogP contribution in [0.2, 0.25) is 0 Å². The van der Waals surface area contributed by atoms with Gasteiger partial charge in [-0.25, -0.2) is 9.37 Å². The van der Waals surface area contributed by atoms with Gasteiger partial charge in [0, 0.05) is 5.69 Å². The predicted octanol–water partition coefficient (Wildman–Crippen LogP) is 3.18. The summed E-state index contributed by atoms with van der Waals surface area (Å²) in [5.74, 6) is -0.0635. The molecule has 7 heteroatoms. The molecule has 0 atom stereocenters. The summed E-state index contributed by atoms with van der Waals surface area (Å²) in [7, 11) is 0. The van der Waals surface area contributed by atoms with E-state index in [1.165, 1.54) is 12.4 Å². The SMILES string of the molecule is O=c1[nH]cnc(Nc2ccc(Br)c(F)c2)c1Br. The zero-order valence-electron chi connectivity index (χ0n) is 8.30. The molecule has 0 bridgehead atoms. The summed E-state index contributed by atoms with van der Waals surface area (Å²) < 4.78 is 13.9. The van der Waals surface area contributed by atoms with Gasteiger partial charge < -0.3 is 10.3 Å². The number of halogens is 3. The van der Waals surface area contributed by atoms with Gasteiger partial charge in [0.2, 0.25) is 0 Å². The lowest BCUT2D eigenvalue weighted by atomic mass is 10.3. The van der Waals surface area contributed by atoms with Gasteiger partial charge in [0.05, 0.1) is 10.8 Å². The van der Waals surface area contributed by atoms with Crippen LogP contribution in [0, 0.1) is 5.82 Å². The third kappa shape index (κ3) is 2.73. The molecule has 0 aliphatic carbocycles. The quantitative estimate of drug-likeness (QED) is 0.862. The topological polar surface area (TPSA) is 57.8 Å². The molecule has 88 valence electrons. The Hall–Kier alpha value is -1.21. The standard InChI is InChI=1S/C10H6Br2FN3O/c11-6-2-1-5(3-7(6)13)16-9-8(12)10(17)15-4-14-9/h1-4H,(H2,14,15,16,17). The van der Waals surface area contributed by atoms with E-state index in [-0.39, 0.29) is 10.0 Å². The zero-order chi connectivity index (χ0) is 12.4. The third-order valence-electron chi connectivity index (χ3n) is 1.98. The Bertz CT molecular complexity index is 615. The van der Waals surface area contributed by atoms with Crippen molar-refractivity contribution in [2.24, 2.45) is 0 Å². The summed E-state index contributed by atoms with van der Waals surface area (Å²) in [5.41, 5.74) is 0.199. The van der Waals surface area contributed by atoms with Crippen molar-refractivity contribution in [3.8, 4) is 0 Å². The summed E-state index contributed by atoms with van der Waals surface area (Å²) in [5, 5.41) is 2.84. The molecule has 0 amide bonds. The van der Waals surface area contributed by atoms with E-state index in [1.54, 1.807) is 12.1 Å². The first-order valence-corrected chi connectivity index (χ1v) is 6.12. The van der Waals surface area contributed by atoms with E-state index in [2.05, 4.69) is 47.1 Å². The molecular formula is C10H6Br2FN3O. The first-order chi connectivity index (χ1) is 8.08. The van der Waals surface area contributed by atoms with Gasteiger partial charge in [-0.05, 0) is 50.1 Å². The van der Waals surface area contributed by atoms with Crippen molar-refractivity contribution in [1.82, 2.24) is 9.97 Å². The molecule has 0 radical (unpaired) electrons. The van der Waals surface area contributed by atoms with E-state index < -0.39 is 5.82 Å². The largest absolute Gasteiger partial charge is 0.339 e. The van der Waals surface area contributed by atoms with Gasteiger partial charge in [0.15, 0.2) is 5.82 Å². The number of nitrogens with one attached hydrogen (secondary N) is 2. The molecule has 1 aromatic heterocycles. The number of hydrogen-bond acceptors (Lipinski definition) is 3. The Morgan fingerprint density at radius 2 is 2.12 bits per heavy atom. The number of nitrogens with zero attached hydrogens (tertiary/aromatic N) is 1. The minimum Gasteiger partial charge on any atom is -0.339 e. The van der Waals surface area contributed by atoms with Gasteiger partial charge >= 0.3 is 0 Å². The molecule has 0 saturated heterocycles. The molecule has 0 saturated carbocycles. The highest BCUT2D eigenvalue weighted by Crippen LogP contribution is 2.23. The minimum atomic E-state index is -0.393. The molecule has 0 spiro atoms.